The molecule has 0 saturated carbocycles. The number of hydrogen-bond acceptors (Lipinski definition) is 4. The zero-order valence-corrected chi connectivity index (χ0v) is 15.2. The number of carboxylic acids is 1. The molecule has 0 spiro atoms. The molecule has 122 valence electrons. The van der Waals surface area contributed by atoms with Crippen LogP contribution in [0.15, 0.2) is 28.7 Å². The monoisotopic (exact) mass is 397 g/mol. The number of halogens is 1. The van der Waals surface area contributed by atoms with Crippen molar-refractivity contribution in [1.29, 1.82) is 0 Å². The Morgan fingerprint density at radius 3 is 2.43 bits per heavy atom. The van der Waals surface area contributed by atoms with Crippen molar-refractivity contribution < 1.29 is 19.4 Å². The van der Waals surface area contributed by atoms with Gasteiger partial charge in [-0.25, -0.2) is 0 Å². The minimum atomic E-state index is -0.884. The number of aliphatic carboxylic acids is 1. The average Bonchev–Trinajstić information content (AvgIpc) is 2.82. The summed E-state index contributed by atoms with van der Waals surface area (Å²) in [6.45, 7) is 3.52. The molecule has 1 atom stereocenters. The van der Waals surface area contributed by atoms with Crippen LogP contribution in [0.4, 0.5) is 5.69 Å². The highest BCUT2D eigenvalue weighted by Gasteiger charge is 2.21. The lowest BCUT2D eigenvalue weighted by Crippen LogP contribution is -2.12. The molecule has 1 aromatic heterocycles. The van der Waals surface area contributed by atoms with E-state index in [0.29, 0.717) is 21.9 Å². The molecule has 2 N–H and O–H groups in total. The van der Waals surface area contributed by atoms with Crippen LogP contribution in [-0.4, -0.2) is 24.1 Å². The van der Waals surface area contributed by atoms with E-state index in [4.69, 9.17) is 9.84 Å². The number of thiophene rings is 1. The number of ether oxygens (including phenoxy) is 1. The third-order valence-corrected chi connectivity index (χ3v) is 5.72. The molecule has 0 fully saturated rings. The number of amides is 1. The van der Waals surface area contributed by atoms with Crippen molar-refractivity contribution in [3.8, 4) is 5.75 Å². The lowest BCUT2D eigenvalue weighted by molar-refractivity contribution is -0.138. The maximum Gasteiger partial charge on any atom is 0.310 e. The summed E-state index contributed by atoms with van der Waals surface area (Å²) in [5, 5.41) is 11.8. The SMILES string of the molecule is COc1c(C(=O)Nc2ccc(C(C)C(=O)O)cc2)sc(C)c1Br. The standard InChI is InChI=1S/C16H16BrNO4S/c1-8(16(20)21)10-4-6-11(7-5-10)18-15(19)14-13(22-3)12(17)9(2)23-14/h4-8H,1-3H3,(H,18,19)(H,20,21). The Hall–Kier alpha value is -1.86. The molecule has 0 aliphatic carbocycles. The average molecular weight is 398 g/mol. The van der Waals surface area contributed by atoms with Gasteiger partial charge >= 0.3 is 5.97 Å². The van der Waals surface area contributed by atoms with Crippen LogP contribution in [0.5, 0.6) is 5.75 Å². The largest absolute Gasteiger partial charge is 0.494 e. The predicted molar refractivity (Wildman–Crippen MR) is 93.8 cm³/mol. The van der Waals surface area contributed by atoms with Gasteiger partial charge in [0.25, 0.3) is 5.91 Å². The van der Waals surface area contributed by atoms with Gasteiger partial charge in [0.1, 0.15) is 4.88 Å². The summed E-state index contributed by atoms with van der Waals surface area (Å²) in [7, 11) is 1.52. The van der Waals surface area contributed by atoms with Crippen molar-refractivity contribution in [2.75, 3.05) is 12.4 Å². The molecule has 1 aromatic carbocycles. The fourth-order valence-corrected chi connectivity index (χ4v) is 3.67. The normalized spacial score (nSPS) is 11.8. The van der Waals surface area contributed by atoms with Crippen LogP contribution in [0.25, 0.3) is 0 Å². The second-order valence-corrected chi connectivity index (χ2v) is 6.99. The van der Waals surface area contributed by atoms with E-state index in [9.17, 15) is 9.59 Å². The van der Waals surface area contributed by atoms with Crippen molar-refractivity contribution in [2.24, 2.45) is 0 Å². The first kappa shape index (κ1) is 17.5. The molecule has 7 heteroatoms. The molecule has 1 heterocycles. The molecule has 2 aromatic rings. The zero-order valence-electron chi connectivity index (χ0n) is 12.8. The topological polar surface area (TPSA) is 75.6 Å². The molecule has 1 amide bonds. The van der Waals surface area contributed by atoms with Gasteiger partial charge < -0.3 is 15.2 Å². The van der Waals surface area contributed by atoms with Gasteiger partial charge in [-0.15, -0.1) is 11.3 Å². The maximum atomic E-state index is 12.4. The van der Waals surface area contributed by atoms with E-state index >= 15 is 0 Å². The van der Waals surface area contributed by atoms with E-state index in [-0.39, 0.29) is 5.91 Å². The smallest absolute Gasteiger partial charge is 0.310 e. The molecule has 2 rings (SSSR count). The minimum absolute atomic E-state index is 0.264. The second kappa shape index (κ2) is 7.14. The van der Waals surface area contributed by atoms with Crippen LogP contribution in [0.2, 0.25) is 0 Å². The minimum Gasteiger partial charge on any atom is -0.494 e. The summed E-state index contributed by atoms with van der Waals surface area (Å²) in [5.74, 6) is -1.22. The Morgan fingerprint density at radius 2 is 1.91 bits per heavy atom. The Balaban J connectivity index is 2.18. The van der Waals surface area contributed by atoms with Gasteiger partial charge in [0.2, 0.25) is 0 Å². The van der Waals surface area contributed by atoms with Gasteiger partial charge in [0, 0.05) is 10.6 Å². The zero-order chi connectivity index (χ0) is 17.1. The van der Waals surface area contributed by atoms with E-state index in [1.165, 1.54) is 18.4 Å². The van der Waals surface area contributed by atoms with Crippen LogP contribution in [0.3, 0.4) is 0 Å². The highest BCUT2D eigenvalue weighted by molar-refractivity contribution is 9.10. The van der Waals surface area contributed by atoms with E-state index in [1.807, 2.05) is 6.92 Å². The van der Waals surface area contributed by atoms with E-state index in [2.05, 4.69) is 21.2 Å². The number of hydrogen-bond donors (Lipinski definition) is 2. The summed E-state index contributed by atoms with van der Waals surface area (Å²) in [4.78, 5) is 24.8. The number of rotatable bonds is 5. The number of nitrogens with one attached hydrogen (secondary N) is 1. The van der Waals surface area contributed by atoms with Crippen LogP contribution in [0.1, 0.15) is 33.0 Å². The van der Waals surface area contributed by atoms with Crippen LogP contribution >= 0.6 is 27.3 Å². The molecule has 0 radical (unpaired) electrons. The van der Waals surface area contributed by atoms with Crippen molar-refractivity contribution in [2.45, 2.75) is 19.8 Å². The number of carbonyl (C=O) groups is 2. The van der Waals surface area contributed by atoms with Crippen molar-refractivity contribution in [1.82, 2.24) is 0 Å². The van der Waals surface area contributed by atoms with Gasteiger partial charge in [-0.3, -0.25) is 9.59 Å². The Morgan fingerprint density at radius 1 is 1.30 bits per heavy atom. The number of carbonyl (C=O) groups excluding carboxylic acids is 1. The fraction of sp³-hybridized carbons (Fsp3) is 0.250. The lowest BCUT2D eigenvalue weighted by atomic mass is 10.0. The molecule has 23 heavy (non-hydrogen) atoms. The maximum absolute atomic E-state index is 12.4. The van der Waals surface area contributed by atoms with Crippen molar-refractivity contribution in [3.63, 3.8) is 0 Å². The fourth-order valence-electron chi connectivity index (χ4n) is 2.02. The van der Waals surface area contributed by atoms with E-state index in [0.717, 1.165) is 9.35 Å². The number of carboxylic acid groups (broad SMARTS) is 1. The lowest BCUT2D eigenvalue weighted by Gasteiger charge is -2.09. The van der Waals surface area contributed by atoms with Crippen molar-refractivity contribution >= 4 is 44.8 Å². The van der Waals surface area contributed by atoms with Crippen LogP contribution in [-0.2, 0) is 4.79 Å². The van der Waals surface area contributed by atoms with E-state index < -0.39 is 11.9 Å². The van der Waals surface area contributed by atoms with Gasteiger partial charge in [0.05, 0.1) is 17.5 Å². The quantitative estimate of drug-likeness (QED) is 0.789. The van der Waals surface area contributed by atoms with Gasteiger partial charge in [-0.05, 0) is 47.5 Å². The molecule has 1 unspecified atom stereocenters. The number of anilines is 1. The molecule has 0 saturated heterocycles. The second-order valence-electron chi connectivity index (χ2n) is 4.97. The summed E-state index contributed by atoms with van der Waals surface area (Å²) in [5.41, 5.74) is 1.28. The first-order valence-electron chi connectivity index (χ1n) is 6.82. The number of aryl methyl sites for hydroxylation is 1. The molecular formula is C16H16BrNO4S. The van der Waals surface area contributed by atoms with Gasteiger partial charge in [0.15, 0.2) is 5.75 Å². The highest BCUT2D eigenvalue weighted by atomic mass is 79.9. The Kier molecular flexibility index (Phi) is 5.43. The Labute approximate surface area is 146 Å². The highest BCUT2D eigenvalue weighted by Crippen LogP contribution is 2.39. The summed E-state index contributed by atoms with van der Waals surface area (Å²) in [6.07, 6.45) is 0. The predicted octanol–water partition coefficient (Wildman–Crippen LogP) is 4.27. The Bertz CT molecular complexity index is 739. The summed E-state index contributed by atoms with van der Waals surface area (Å²) >= 11 is 4.75. The summed E-state index contributed by atoms with van der Waals surface area (Å²) < 4.78 is 6.05. The number of benzene rings is 1. The van der Waals surface area contributed by atoms with Crippen LogP contribution in [0, 0.1) is 6.92 Å². The van der Waals surface area contributed by atoms with Crippen LogP contribution < -0.4 is 10.1 Å². The molecule has 5 nitrogen and oxygen atoms in total. The third-order valence-electron chi connectivity index (χ3n) is 3.42. The summed E-state index contributed by atoms with van der Waals surface area (Å²) in [6, 6.07) is 6.77. The van der Waals surface area contributed by atoms with Gasteiger partial charge in [-0.1, -0.05) is 12.1 Å². The first-order chi connectivity index (χ1) is 10.8. The number of methoxy groups -OCH3 is 1. The molecule has 0 aliphatic heterocycles. The molecular weight excluding hydrogens is 382 g/mol. The molecule has 0 aliphatic rings. The van der Waals surface area contributed by atoms with E-state index in [1.54, 1.807) is 31.2 Å². The first-order valence-corrected chi connectivity index (χ1v) is 8.43. The van der Waals surface area contributed by atoms with Gasteiger partial charge in [-0.2, -0.15) is 0 Å². The molecule has 0 bridgehead atoms. The van der Waals surface area contributed by atoms with Crippen molar-refractivity contribution in [3.05, 3.63) is 44.1 Å². The third kappa shape index (κ3) is 3.73.